The number of carboxylic acids is 2. The van der Waals surface area contributed by atoms with Gasteiger partial charge in [0, 0.05) is 30.8 Å². The van der Waals surface area contributed by atoms with Crippen molar-refractivity contribution in [3.8, 4) is 0 Å². The van der Waals surface area contributed by atoms with Gasteiger partial charge in [-0.15, -0.1) is 0 Å². The highest BCUT2D eigenvalue weighted by Crippen LogP contribution is 2.20. The number of carboxylic acid groups (broad SMARTS) is 2. The zero-order valence-corrected chi connectivity index (χ0v) is 19.2. The number of nitrogens with two attached hydrogens (primary N) is 1. The summed E-state index contributed by atoms with van der Waals surface area (Å²) in [5.41, 5.74) is 6.31. The SMILES string of the molecule is Nc1nc(=O)c2c([nH]1)NC[C@@H](CNc1ccc(C(=O)N[C@@H](CCC(=O)O)C(=O)O)cc1)N2.[CH2]C(F)(F)F. The number of fused-ring (bicyclic) bond motifs is 1. The van der Waals surface area contributed by atoms with Crippen molar-refractivity contribution in [3.05, 3.63) is 47.1 Å². The molecule has 0 saturated heterocycles. The van der Waals surface area contributed by atoms with Crippen LogP contribution in [0, 0.1) is 6.92 Å². The highest BCUT2D eigenvalue weighted by molar-refractivity contribution is 5.96. The molecule has 0 fully saturated rings. The summed E-state index contributed by atoms with van der Waals surface area (Å²) in [4.78, 5) is 52.5. The average molecular weight is 528 g/mol. The second-order valence-corrected chi connectivity index (χ2v) is 7.77. The Balaban J connectivity index is 0.000000877. The van der Waals surface area contributed by atoms with Crippen LogP contribution in [0.25, 0.3) is 0 Å². The molecule has 0 saturated carbocycles. The van der Waals surface area contributed by atoms with Gasteiger partial charge in [-0.3, -0.25) is 14.4 Å². The first kappa shape index (κ1) is 28.7. The molecule has 1 aliphatic heterocycles. The molecule has 2 heterocycles. The molecule has 201 valence electrons. The van der Waals surface area contributed by atoms with Crippen molar-refractivity contribution in [2.24, 2.45) is 0 Å². The van der Waals surface area contributed by atoms with Gasteiger partial charge in [-0.05, 0) is 30.7 Å². The summed E-state index contributed by atoms with van der Waals surface area (Å²) in [6, 6.07) is 4.93. The molecule has 2 aromatic rings. The molecule has 9 N–H and O–H groups in total. The van der Waals surface area contributed by atoms with Gasteiger partial charge in [-0.1, -0.05) is 0 Å². The molecular weight excluding hydrogens is 503 g/mol. The van der Waals surface area contributed by atoms with E-state index >= 15 is 0 Å². The Morgan fingerprint density at radius 3 is 2.41 bits per heavy atom. The summed E-state index contributed by atoms with van der Waals surface area (Å²) in [5, 5.41) is 29.5. The van der Waals surface area contributed by atoms with Gasteiger partial charge in [-0.25, -0.2) is 4.79 Å². The second-order valence-electron chi connectivity index (χ2n) is 7.77. The lowest BCUT2D eigenvalue weighted by atomic mass is 10.1. The number of nitrogens with zero attached hydrogens (tertiary/aromatic N) is 1. The summed E-state index contributed by atoms with van der Waals surface area (Å²) in [7, 11) is 0. The summed E-state index contributed by atoms with van der Waals surface area (Å²) in [5.74, 6) is -2.55. The molecule has 37 heavy (non-hydrogen) atoms. The van der Waals surface area contributed by atoms with Crippen LogP contribution < -0.4 is 32.6 Å². The predicted molar refractivity (Wildman–Crippen MR) is 127 cm³/mol. The maximum Gasteiger partial charge on any atom is 0.389 e. The third-order valence-corrected chi connectivity index (χ3v) is 4.76. The number of carbonyl (C=O) groups excluding carboxylic acids is 1. The minimum absolute atomic E-state index is 0.0281. The van der Waals surface area contributed by atoms with Crippen molar-refractivity contribution in [2.75, 3.05) is 34.8 Å². The number of hydrogen-bond donors (Lipinski definition) is 8. The maximum atomic E-state index is 12.3. The van der Waals surface area contributed by atoms with Gasteiger partial charge in [-0.2, -0.15) is 18.2 Å². The van der Waals surface area contributed by atoms with Crippen LogP contribution in [-0.4, -0.2) is 69.4 Å². The van der Waals surface area contributed by atoms with Crippen LogP contribution in [0.5, 0.6) is 0 Å². The summed E-state index contributed by atoms with van der Waals surface area (Å²) >= 11 is 0. The molecule has 0 bridgehead atoms. The Morgan fingerprint density at radius 1 is 1.22 bits per heavy atom. The predicted octanol–water partition coefficient (Wildman–Crippen LogP) is 1.10. The van der Waals surface area contributed by atoms with Gasteiger partial charge >= 0.3 is 18.1 Å². The van der Waals surface area contributed by atoms with Crippen molar-refractivity contribution < 1.29 is 37.8 Å². The normalized spacial score (nSPS) is 15.0. The lowest BCUT2D eigenvalue weighted by Crippen LogP contribution is -2.41. The van der Waals surface area contributed by atoms with E-state index in [1.165, 1.54) is 12.1 Å². The van der Waals surface area contributed by atoms with E-state index in [0.29, 0.717) is 30.3 Å². The van der Waals surface area contributed by atoms with Crippen molar-refractivity contribution in [2.45, 2.75) is 31.1 Å². The Kier molecular flexibility index (Phi) is 9.67. The quantitative estimate of drug-likeness (QED) is 0.231. The number of nitrogen functional groups attached to an aromatic ring is 1. The molecule has 0 spiro atoms. The molecule has 1 aromatic heterocycles. The minimum Gasteiger partial charge on any atom is -0.481 e. The number of hydrogen-bond acceptors (Lipinski definition) is 9. The summed E-state index contributed by atoms with van der Waals surface area (Å²) in [6.45, 7) is 2.75. The van der Waals surface area contributed by atoms with Crippen molar-refractivity contribution in [1.29, 1.82) is 0 Å². The minimum atomic E-state index is -4.25. The largest absolute Gasteiger partial charge is 0.481 e. The number of H-pyrrole nitrogens is 1. The number of amides is 1. The Hall–Kier alpha value is -4.50. The number of carbonyl (C=O) groups is 3. The van der Waals surface area contributed by atoms with Gasteiger partial charge in [0.1, 0.15) is 17.5 Å². The van der Waals surface area contributed by atoms with Gasteiger partial charge in [0.15, 0.2) is 0 Å². The van der Waals surface area contributed by atoms with Crippen LogP contribution in [0.2, 0.25) is 0 Å². The molecule has 16 heteroatoms. The van der Waals surface area contributed by atoms with Crippen molar-refractivity contribution >= 4 is 41.0 Å². The maximum absolute atomic E-state index is 12.3. The number of rotatable bonds is 9. The zero-order chi connectivity index (χ0) is 27.8. The zero-order valence-electron chi connectivity index (χ0n) is 19.2. The molecule has 1 radical (unpaired) electrons. The fourth-order valence-corrected chi connectivity index (χ4v) is 3.11. The van der Waals surface area contributed by atoms with E-state index in [1.54, 1.807) is 19.1 Å². The van der Waals surface area contributed by atoms with Crippen LogP contribution in [0.4, 0.5) is 36.3 Å². The average Bonchev–Trinajstić information content (AvgIpc) is 2.79. The van der Waals surface area contributed by atoms with Crippen LogP contribution in [-0.2, 0) is 9.59 Å². The number of halogens is 3. The van der Waals surface area contributed by atoms with E-state index in [0.717, 1.165) is 0 Å². The van der Waals surface area contributed by atoms with Gasteiger partial charge < -0.3 is 42.2 Å². The summed E-state index contributed by atoms with van der Waals surface area (Å²) in [6.07, 6.45) is -4.84. The number of alkyl halides is 3. The van der Waals surface area contributed by atoms with E-state index in [9.17, 15) is 32.3 Å². The van der Waals surface area contributed by atoms with Crippen LogP contribution in [0.3, 0.4) is 0 Å². The highest BCUT2D eigenvalue weighted by Gasteiger charge is 2.23. The van der Waals surface area contributed by atoms with E-state index in [4.69, 9.17) is 15.9 Å². The first-order valence-corrected chi connectivity index (χ1v) is 10.6. The number of nitrogens with one attached hydrogen (secondary N) is 5. The molecule has 1 amide bonds. The highest BCUT2D eigenvalue weighted by atomic mass is 19.4. The smallest absolute Gasteiger partial charge is 0.389 e. The number of aromatic amines is 1. The van der Waals surface area contributed by atoms with Gasteiger partial charge in [0.05, 0.1) is 13.0 Å². The Labute approximate surface area is 207 Å². The molecule has 0 unspecified atom stereocenters. The monoisotopic (exact) mass is 528 g/mol. The molecule has 13 nitrogen and oxygen atoms in total. The summed E-state index contributed by atoms with van der Waals surface area (Å²) < 4.78 is 30.7. The lowest BCUT2D eigenvalue weighted by molar-refractivity contribution is -0.140. The first-order valence-electron chi connectivity index (χ1n) is 10.6. The van der Waals surface area contributed by atoms with Crippen molar-refractivity contribution in [1.82, 2.24) is 15.3 Å². The molecule has 2 atom stereocenters. The fraction of sp³-hybridized carbons (Fsp3) is 0.333. The molecule has 3 rings (SSSR count). The number of aromatic nitrogens is 2. The number of anilines is 4. The third-order valence-electron chi connectivity index (χ3n) is 4.76. The van der Waals surface area contributed by atoms with Crippen LogP contribution >= 0.6 is 0 Å². The van der Waals surface area contributed by atoms with Crippen LogP contribution in [0.1, 0.15) is 23.2 Å². The number of aliphatic carboxylic acids is 2. The Morgan fingerprint density at radius 2 is 1.84 bits per heavy atom. The van der Waals surface area contributed by atoms with Crippen molar-refractivity contribution in [3.63, 3.8) is 0 Å². The van der Waals surface area contributed by atoms with Crippen LogP contribution in [0.15, 0.2) is 29.1 Å². The second kappa shape index (κ2) is 12.5. The van der Waals surface area contributed by atoms with Gasteiger partial charge in [0.2, 0.25) is 5.95 Å². The van der Waals surface area contributed by atoms with E-state index in [1.807, 2.05) is 0 Å². The third kappa shape index (κ3) is 9.95. The first-order chi connectivity index (χ1) is 17.2. The molecule has 0 aliphatic carbocycles. The van der Waals surface area contributed by atoms with Gasteiger partial charge in [0.25, 0.3) is 11.5 Å². The standard InChI is InChI=1S/C19H23N7O6.C2H2F3/c20-19-25-15-14(17(30)26-19)23-11(8-22-15)7-21-10-3-1-9(2-4-10)16(29)24-12(18(31)32)5-6-13(27)28;1-2(3,4)5/h1-4,11-12,21,23H,5-8H2,(H,24,29)(H,27,28)(H,31,32)(H4,20,22,25,26,30);1H2/t11-,12+;/m1./s1. The molecular formula is C21H25F3N7O6. The van der Waals surface area contributed by atoms with E-state index in [2.05, 4.69) is 31.2 Å². The topological polar surface area (TPSA) is 212 Å². The fourth-order valence-electron chi connectivity index (χ4n) is 3.11. The molecule has 1 aliphatic rings. The van der Waals surface area contributed by atoms with E-state index in [-0.39, 0.29) is 30.4 Å². The molecule has 1 aromatic carbocycles. The Bertz CT molecular complexity index is 1160. The number of benzene rings is 1. The van der Waals surface area contributed by atoms with E-state index < -0.39 is 35.6 Å². The lowest BCUT2D eigenvalue weighted by Gasteiger charge is -2.27.